The quantitative estimate of drug-likeness (QED) is 0.606. The van der Waals surface area contributed by atoms with Crippen LogP contribution in [0.3, 0.4) is 0 Å². The maximum Gasteiger partial charge on any atom is 0.223 e. The maximum atomic E-state index is 12.9. The Balaban J connectivity index is 1.42. The third kappa shape index (κ3) is 4.16. The van der Waals surface area contributed by atoms with Crippen molar-refractivity contribution in [2.24, 2.45) is 0 Å². The molecule has 1 aliphatic rings. The van der Waals surface area contributed by atoms with E-state index in [4.69, 9.17) is 4.74 Å². The standard InChI is InChI=1S/C23H24N2O4S/c1-16-13-19-14-17(8-9-20(19)29-16)15-25(2)22(26)10-12-30(27,28)21-7-3-5-18-6-4-11-24-23(18)21/h3-9,11,14,16H,10,12-13,15H2,1-2H3/t16-/m0/s1. The van der Waals surface area contributed by atoms with Crippen LogP contribution in [0, 0.1) is 0 Å². The van der Waals surface area contributed by atoms with Gasteiger partial charge in [0, 0.05) is 38.0 Å². The SMILES string of the molecule is C[C@H]1Cc2cc(CN(C)C(=O)CCS(=O)(=O)c3cccc4cccnc34)ccc2O1. The van der Waals surface area contributed by atoms with E-state index in [-0.39, 0.29) is 29.1 Å². The average molecular weight is 425 g/mol. The molecule has 2 aromatic carbocycles. The lowest BCUT2D eigenvalue weighted by Crippen LogP contribution is -2.28. The van der Waals surface area contributed by atoms with E-state index >= 15 is 0 Å². The molecular weight excluding hydrogens is 400 g/mol. The number of benzene rings is 2. The number of para-hydroxylation sites is 1. The van der Waals surface area contributed by atoms with E-state index in [9.17, 15) is 13.2 Å². The second-order valence-electron chi connectivity index (χ2n) is 7.72. The van der Waals surface area contributed by atoms with E-state index < -0.39 is 9.84 Å². The van der Waals surface area contributed by atoms with Crippen LogP contribution in [0.2, 0.25) is 0 Å². The Labute approximate surface area is 176 Å². The first-order chi connectivity index (χ1) is 14.3. The topological polar surface area (TPSA) is 76.6 Å². The first kappa shape index (κ1) is 20.3. The van der Waals surface area contributed by atoms with Crippen molar-refractivity contribution in [1.82, 2.24) is 9.88 Å². The summed E-state index contributed by atoms with van der Waals surface area (Å²) in [5, 5.41) is 0.761. The molecule has 30 heavy (non-hydrogen) atoms. The van der Waals surface area contributed by atoms with Crippen molar-refractivity contribution >= 4 is 26.6 Å². The van der Waals surface area contributed by atoms with Crippen LogP contribution in [-0.2, 0) is 27.6 Å². The number of nitrogens with zero attached hydrogens (tertiary/aromatic N) is 2. The molecule has 0 unspecified atom stereocenters. The molecule has 0 aliphatic carbocycles. The number of sulfone groups is 1. The summed E-state index contributed by atoms with van der Waals surface area (Å²) in [6.45, 7) is 2.46. The molecule has 0 saturated carbocycles. The van der Waals surface area contributed by atoms with Gasteiger partial charge in [-0.15, -0.1) is 0 Å². The third-order valence-corrected chi connectivity index (χ3v) is 7.06. The van der Waals surface area contributed by atoms with Gasteiger partial charge in [-0.2, -0.15) is 0 Å². The van der Waals surface area contributed by atoms with E-state index in [0.717, 1.165) is 28.7 Å². The van der Waals surface area contributed by atoms with Gasteiger partial charge in [0.2, 0.25) is 5.91 Å². The highest BCUT2D eigenvalue weighted by molar-refractivity contribution is 7.91. The molecule has 0 N–H and O–H groups in total. The van der Waals surface area contributed by atoms with Gasteiger partial charge < -0.3 is 9.64 Å². The Kier molecular flexibility index (Phi) is 5.47. The van der Waals surface area contributed by atoms with Gasteiger partial charge in [0.05, 0.1) is 16.2 Å². The molecule has 4 rings (SSSR count). The number of hydrogen-bond donors (Lipinski definition) is 0. The molecule has 3 aromatic rings. The lowest BCUT2D eigenvalue weighted by Gasteiger charge is -2.18. The molecule has 0 fully saturated rings. The predicted molar refractivity (Wildman–Crippen MR) is 115 cm³/mol. The minimum Gasteiger partial charge on any atom is -0.490 e. The molecule has 7 heteroatoms. The number of hydrogen-bond acceptors (Lipinski definition) is 5. The fourth-order valence-corrected chi connectivity index (χ4v) is 5.20. The fraction of sp³-hybridized carbons (Fsp3) is 0.304. The number of pyridine rings is 1. The van der Waals surface area contributed by atoms with Gasteiger partial charge in [-0.3, -0.25) is 9.78 Å². The molecule has 0 radical (unpaired) electrons. The van der Waals surface area contributed by atoms with E-state index in [1.165, 1.54) is 0 Å². The molecule has 1 aliphatic heterocycles. The fourth-order valence-electron chi connectivity index (χ4n) is 3.79. The monoisotopic (exact) mass is 424 g/mol. The Bertz CT molecular complexity index is 1200. The van der Waals surface area contributed by atoms with Gasteiger partial charge in [-0.05, 0) is 36.2 Å². The number of aromatic nitrogens is 1. The van der Waals surface area contributed by atoms with Crippen molar-refractivity contribution in [3.8, 4) is 5.75 Å². The smallest absolute Gasteiger partial charge is 0.223 e. The zero-order valence-corrected chi connectivity index (χ0v) is 17.9. The maximum absolute atomic E-state index is 12.9. The van der Waals surface area contributed by atoms with E-state index in [1.807, 2.05) is 31.2 Å². The van der Waals surface area contributed by atoms with Gasteiger partial charge >= 0.3 is 0 Å². The van der Waals surface area contributed by atoms with Gasteiger partial charge in [0.15, 0.2) is 9.84 Å². The Hall–Kier alpha value is -2.93. The molecule has 0 spiro atoms. The van der Waals surface area contributed by atoms with Crippen LogP contribution in [0.5, 0.6) is 5.75 Å². The second kappa shape index (κ2) is 8.07. The normalized spacial score (nSPS) is 15.6. The van der Waals surface area contributed by atoms with E-state index in [0.29, 0.717) is 12.1 Å². The van der Waals surface area contributed by atoms with Crippen molar-refractivity contribution in [3.05, 3.63) is 65.9 Å². The first-order valence-corrected chi connectivity index (χ1v) is 11.6. The van der Waals surface area contributed by atoms with Gasteiger partial charge in [0.1, 0.15) is 11.9 Å². The van der Waals surface area contributed by atoms with Crippen LogP contribution >= 0.6 is 0 Å². The van der Waals surface area contributed by atoms with E-state index in [2.05, 4.69) is 11.1 Å². The minimum atomic E-state index is -3.63. The highest BCUT2D eigenvalue weighted by Gasteiger charge is 2.22. The number of fused-ring (bicyclic) bond motifs is 2. The van der Waals surface area contributed by atoms with Crippen molar-refractivity contribution < 1.29 is 17.9 Å². The summed E-state index contributed by atoms with van der Waals surface area (Å²) in [5.41, 5.74) is 2.59. The van der Waals surface area contributed by atoms with Crippen molar-refractivity contribution in [1.29, 1.82) is 0 Å². The largest absolute Gasteiger partial charge is 0.490 e. The summed E-state index contributed by atoms with van der Waals surface area (Å²) in [7, 11) is -1.93. The molecule has 6 nitrogen and oxygen atoms in total. The second-order valence-corrected chi connectivity index (χ2v) is 9.80. The van der Waals surface area contributed by atoms with Crippen LogP contribution in [0.1, 0.15) is 24.5 Å². The van der Waals surface area contributed by atoms with Crippen LogP contribution in [0.4, 0.5) is 0 Å². The highest BCUT2D eigenvalue weighted by Crippen LogP contribution is 2.29. The van der Waals surface area contributed by atoms with Gasteiger partial charge in [0.25, 0.3) is 0 Å². The van der Waals surface area contributed by atoms with Gasteiger partial charge in [-0.25, -0.2) is 8.42 Å². The molecule has 1 atom stereocenters. The predicted octanol–water partition coefficient (Wildman–Crippen LogP) is 3.38. The molecule has 1 aromatic heterocycles. The summed E-state index contributed by atoms with van der Waals surface area (Å²) in [6, 6.07) is 14.6. The highest BCUT2D eigenvalue weighted by atomic mass is 32.2. The Morgan fingerprint density at radius 1 is 1.20 bits per heavy atom. The number of carbonyl (C=O) groups excluding carboxylic acids is 1. The number of carbonyl (C=O) groups is 1. The zero-order chi connectivity index (χ0) is 21.3. The van der Waals surface area contributed by atoms with Crippen molar-refractivity contribution in [2.75, 3.05) is 12.8 Å². The molecule has 0 saturated heterocycles. The summed E-state index contributed by atoms with van der Waals surface area (Å²) >= 11 is 0. The molecular formula is C23H24N2O4S. The zero-order valence-electron chi connectivity index (χ0n) is 17.0. The Morgan fingerprint density at radius 2 is 2.00 bits per heavy atom. The summed E-state index contributed by atoms with van der Waals surface area (Å²) in [4.78, 5) is 18.5. The van der Waals surface area contributed by atoms with Crippen molar-refractivity contribution in [3.63, 3.8) is 0 Å². The molecule has 156 valence electrons. The third-order valence-electron chi connectivity index (χ3n) is 5.32. The number of amides is 1. The number of rotatable bonds is 6. The van der Waals surface area contributed by atoms with Crippen LogP contribution in [0.15, 0.2) is 59.6 Å². The van der Waals surface area contributed by atoms with Gasteiger partial charge in [-0.1, -0.05) is 30.3 Å². The summed E-state index contributed by atoms with van der Waals surface area (Å²) in [6.07, 6.45) is 2.52. The van der Waals surface area contributed by atoms with Crippen LogP contribution in [0.25, 0.3) is 10.9 Å². The Morgan fingerprint density at radius 3 is 2.83 bits per heavy atom. The molecule has 0 bridgehead atoms. The van der Waals surface area contributed by atoms with E-state index in [1.54, 1.807) is 36.3 Å². The summed E-state index contributed by atoms with van der Waals surface area (Å²) in [5.74, 6) is 0.438. The number of ether oxygens (including phenoxy) is 1. The van der Waals surface area contributed by atoms with Crippen molar-refractivity contribution in [2.45, 2.75) is 37.3 Å². The van der Waals surface area contributed by atoms with Crippen LogP contribution in [-0.4, -0.2) is 43.1 Å². The van der Waals surface area contributed by atoms with Crippen LogP contribution < -0.4 is 4.74 Å². The molecule has 2 heterocycles. The lowest BCUT2D eigenvalue weighted by molar-refractivity contribution is -0.130. The molecule has 1 amide bonds. The average Bonchev–Trinajstić information content (AvgIpc) is 3.10. The minimum absolute atomic E-state index is 0.0762. The first-order valence-electron chi connectivity index (χ1n) is 9.92. The lowest BCUT2D eigenvalue weighted by atomic mass is 10.1. The summed E-state index contributed by atoms with van der Waals surface area (Å²) < 4.78 is 31.4.